The van der Waals surface area contributed by atoms with Gasteiger partial charge in [-0.3, -0.25) is 4.79 Å². The average Bonchev–Trinajstić information content (AvgIpc) is 2.98. The van der Waals surface area contributed by atoms with Crippen LogP contribution in [0.1, 0.15) is 70.6 Å². The van der Waals surface area contributed by atoms with Crippen LogP contribution in [0.15, 0.2) is 0 Å². The van der Waals surface area contributed by atoms with Crippen LogP contribution in [-0.4, -0.2) is 11.4 Å². The summed E-state index contributed by atoms with van der Waals surface area (Å²) in [6, 6.07) is 0. The van der Waals surface area contributed by atoms with E-state index in [1.807, 2.05) is 0 Å². The van der Waals surface area contributed by atoms with Gasteiger partial charge in [0, 0.05) is 12.0 Å². The molecule has 2 heteroatoms. The smallest absolute Gasteiger partial charge is 0.220 e. The van der Waals surface area contributed by atoms with Crippen molar-refractivity contribution in [3.8, 4) is 0 Å². The zero-order chi connectivity index (χ0) is 14.0. The molecule has 0 aromatic heterocycles. The highest BCUT2D eigenvalue weighted by Crippen LogP contribution is 2.56. The summed E-state index contributed by atoms with van der Waals surface area (Å²) in [4.78, 5) is 12.6. The van der Waals surface area contributed by atoms with E-state index in [4.69, 9.17) is 0 Å². The zero-order valence-electron chi connectivity index (χ0n) is 13.2. The van der Waals surface area contributed by atoms with Crippen molar-refractivity contribution < 1.29 is 4.79 Å². The van der Waals surface area contributed by atoms with Crippen molar-refractivity contribution >= 4 is 5.91 Å². The second-order valence-electron chi connectivity index (χ2n) is 9.39. The normalized spacial score (nSPS) is 53.3. The molecule has 0 unspecified atom stereocenters. The van der Waals surface area contributed by atoms with Gasteiger partial charge in [-0.1, -0.05) is 6.42 Å². The van der Waals surface area contributed by atoms with Gasteiger partial charge in [0.1, 0.15) is 0 Å². The second-order valence-corrected chi connectivity index (χ2v) is 9.39. The van der Waals surface area contributed by atoms with Gasteiger partial charge < -0.3 is 5.32 Å². The third-order valence-corrected chi connectivity index (χ3v) is 7.77. The number of nitrogens with one attached hydrogen (secondary N) is 1. The van der Waals surface area contributed by atoms with Crippen LogP contribution in [0.5, 0.6) is 0 Å². The van der Waals surface area contributed by atoms with Gasteiger partial charge in [-0.25, -0.2) is 0 Å². The Balaban J connectivity index is 1.24. The molecule has 0 heterocycles. The third-order valence-electron chi connectivity index (χ3n) is 7.77. The van der Waals surface area contributed by atoms with Gasteiger partial charge in [-0.05, 0) is 93.3 Å². The lowest BCUT2D eigenvalue weighted by Gasteiger charge is -2.57. The predicted octanol–water partition coefficient (Wildman–Crippen LogP) is 3.90. The molecular formula is C19H29NO. The SMILES string of the molecule is O=C(C[C@H]1C[C@H]2CC[C@@H]1C2)NC12CC3CC(CC(C3)C1)C2. The van der Waals surface area contributed by atoms with Crippen LogP contribution >= 0.6 is 0 Å². The van der Waals surface area contributed by atoms with Crippen molar-refractivity contribution in [1.82, 2.24) is 5.32 Å². The van der Waals surface area contributed by atoms with Crippen molar-refractivity contribution in [2.24, 2.45) is 35.5 Å². The Morgan fingerprint density at radius 2 is 1.52 bits per heavy atom. The van der Waals surface area contributed by atoms with E-state index in [0.29, 0.717) is 5.91 Å². The average molecular weight is 287 g/mol. The van der Waals surface area contributed by atoms with Gasteiger partial charge in [-0.2, -0.15) is 0 Å². The largest absolute Gasteiger partial charge is 0.351 e. The Bertz CT molecular complexity index is 421. The quantitative estimate of drug-likeness (QED) is 0.838. The monoisotopic (exact) mass is 287 g/mol. The first-order chi connectivity index (χ1) is 10.2. The maximum Gasteiger partial charge on any atom is 0.220 e. The fraction of sp³-hybridized carbons (Fsp3) is 0.947. The molecule has 1 amide bonds. The number of hydrogen-bond donors (Lipinski definition) is 1. The summed E-state index contributed by atoms with van der Waals surface area (Å²) in [5.74, 6) is 5.76. The topological polar surface area (TPSA) is 29.1 Å². The molecule has 2 nitrogen and oxygen atoms in total. The number of carbonyl (C=O) groups is 1. The fourth-order valence-electron chi connectivity index (χ4n) is 7.48. The molecule has 21 heavy (non-hydrogen) atoms. The Kier molecular flexibility index (Phi) is 2.77. The van der Waals surface area contributed by atoms with Gasteiger partial charge in [0.25, 0.3) is 0 Å². The molecule has 3 atom stereocenters. The molecule has 6 aliphatic rings. The second kappa shape index (κ2) is 4.49. The Hall–Kier alpha value is -0.530. The summed E-state index contributed by atoms with van der Waals surface area (Å²) >= 11 is 0. The van der Waals surface area contributed by atoms with E-state index in [-0.39, 0.29) is 5.54 Å². The minimum Gasteiger partial charge on any atom is -0.351 e. The third kappa shape index (κ3) is 2.16. The highest BCUT2D eigenvalue weighted by atomic mass is 16.1. The zero-order valence-corrected chi connectivity index (χ0v) is 13.2. The van der Waals surface area contributed by atoms with Crippen LogP contribution < -0.4 is 5.32 Å². The lowest BCUT2D eigenvalue weighted by Crippen LogP contribution is -2.60. The minimum absolute atomic E-state index is 0.226. The Labute approximate surface area is 128 Å². The summed E-state index contributed by atoms with van der Waals surface area (Å²) in [6.45, 7) is 0. The predicted molar refractivity (Wildman–Crippen MR) is 82.6 cm³/mol. The van der Waals surface area contributed by atoms with Crippen molar-refractivity contribution in [2.75, 3.05) is 0 Å². The molecule has 6 saturated carbocycles. The maximum atomic E-state index is 12.6. The molecule has 0 spiro atoms. The fourth-order valence-corrected chi connectivity index (χ4v) is 7.48. The van der Waals surface area contributed by atoms with E-state index in [0.717, 1.165) is 41.9 Å². The van der Waals surface area contributed by atoms with E-state index in [9.17, 15) is 4.79 Å². The van der Waals surface area contributed by atoms with E-state index >= 15 is 0 Å². The van der Waals surface area contributed by atoms with E-state index in [1.165, 1.54) is 64.2 Å². The molecule has 116 valence electrons. The molecule has 0 aromatic carbocycles. The minimum atomic E-state index is 0.226. The van der Waals surface area contributed by atoms with Crippen LogP contribution in [-0.2, 0) is 4.79 Å². The highest BCUT2D eigenvalue weighted by molar-refractivity contribution is 5.77. The van der Waals surface area contributed by atoms with E-state index in [1.54, 1.807) is 0 Å². The van der Waals surface area contributed by atoms with Crippen LogP contribution in [0.25, 0.3) is 0 Å². The van der Waals surface area contributed by atoms with Crippen molar-refractivity contribution in [1.29, 1.82) is 0 Å². The van der Waals surface area contributed by atoms with Gasteiger partial charge in [0.05, 0.1) is 0 Å². The van der Waals surface area contributed by atoms with E-state index in [2.05, 4.69) is 5.32 Å². The molecule has 0 radical (unpaired) electrons. The van der Waals surface area contributed by atoms with Crippen molar-refractivity contribution in [2.45, 2.75) is 76.2 Å². The van der Waals surface area contributed by atoms with Crippen molar-refractivity contribution in [3.63, 3.8) is 0 Å². The van der Waals surface area contributed by atoms with Crippen molar-refractivity contribution in [3.05, 3.63) is 0 Å². The molecule has 0 aliphatic heterocycles. The number of carbonyl (C=O) groups excluding carboxylic acids is 1. The molecule has 6 fully saturated rings. The summed E-state index contributed by atoms with van der Waals surface area (Å²) < 4.78 is 0. The van der Waals surface area contributed by atoms with Crippen LogP contribution in [0.3, 0.4) is 0 Å². The number of hydrogen-bond acceptors (Lipinski definition) is 1. The first-order valence-corrected chi connectivity index (χ1v) is 9.48. The Morgan fingerprint density at radius 3 is 2.05 bits per heavy atom. The first-order valence-electron chi connectivity index (χ1n) is 9.48. The molecule has 0 aromatic rings. The van der Waals surface area contributed by atoms with Crippen LogP contribution in [0.4, 0.5) is 0 Å². The van der Waals surface area contributed by atoms with Gasteiger partial charge in [0.15, 0.2) is 0 Å². The summed E-state index contributed by atoms with van der Waals surface area (Å²) in [7, 11) is 0. The first kappa shape index (κ1) is 13.0. The van der Waals surface area contributed by atoms with Gasteiger partial charge in [-0.15, -0.1) is 0 Å². The number of rotatable bonds is 3. The van der Waals surface area contributed by atoms with Crippen LogP contribution in [0, 0.1) is 35.5 Å². The van der Waals surface area contributed by atoms with E-state index < -0.39 is 0 Å². The maximum absolute atomic E-state index is 12.6. The summed E-state index contributed by atoms with van der Waals surface area (Å²) in [5, 5.41) is 3.57. The summed E-state index contributed by atoms with van der Waals surface area (Å²) in [5.41, 5.74) is 0.226. The van der Waals surface area contributed by atoms with Gasteiger partial charge in [0.2, 0.25) is 5.91 Å². The Morgan fingerprint density at radius 1 is 0.857 bits per heavy atom. The lowest BCUT2D eigenvalue weighted by molar-refractivity contribution is -0.128. The lowest BCUT2D eigenvalue weighted by atomic mass is 9.53. The molecule has 6 bridgehead atoms. The van der Waals surface area contributed by atoms with Gasteiger partial charge >= 0.3 is 0 Å². The van der Waals surface area contributed by atoms with Crippen LogP contribution in [0.2, 0.25) is 0 Å². The molecular weight excluding hydrogens is 258 g/mol. The highest BCUT2D eigenvalue weighted by Gasteiger charge is 2.51. The molecule has 1 N–H and O–H groups in total. The molecule has 0 saturated heterocycles. The summed E-state index contributed by atoms with van der Waals surface area (Å²) in [6.07, 6.45) is 14.7. The standard InChI is InChI=1S/C19H29NO/c21-18(8-17-7-12-1-2-16(17)6-12)20-19-9-13-3-14(10-19)5-15(4-13)11-19/h12-17H,1-11H2,(H,20,21)/t12-,13?,14?,15?,16+,17+,19?/m0/s1. The number of amides is 1. The number of fused-ring (bicyclic) bond motifs is 2. The molecule has 6 aliphatic carbocycles. The molecule has 6 rings (SSSR count).